The van der Waals surface area contributed by atoms with Crippen LogP contribution in [0.15, 0.2) is 192 Å². The molecular weight excluding hydrogens is 1040 g/mol. The molecule has 4 aliphatic heterocycles. The number of nitrogens with zero attached hydrogens (tertiary/aromatic N) is 4. The summed E-state index contributed by atoms with van der Waals surface area (Å²) in [5, 5.41) is 0. The number of amides is 2. The van der Waals surface area contributed by atoms with Crippen LogP contribution < -0.4 is 9.47 Å². The Bertz CT molecular complexity index is 2690. The molecule has 79 heavy (non-hydrogen) atoms. The standard InChI is InChI=1S/2C32H32N2O4.2ClH.H2O/c2*35-31-28(21-25-7-3-1-4-8-25)23-34(24-29(31)22-26-9-5-2-6-10-26)32(36)27-11-13-30(14-12-27)38-20-17-33-15-18-37-19-16-33;;;/h2*1-14,21-22H,15-20,23-24H2;2*1H;1H2. The topological polar surface area (TPSA) is 150 Å². The van der Waals surface area contributed by atoms with E-state index in [0.717, 1.165) is 99.4 Å². The maximum Gasteiger partial charge on any atom is 0.254 e. The van der Waals surface area contributed by atoms with Gasteiger partial charge in [0.25, 0.3) is 11.8 Å². The van der Waals surface area contributed by atoms with Crippen molar-refractivity contribution >= 4 is 72.5 Å². The number of benzene rings is 6. The van der Waals surface area contributed by atoms with Crippen molar-refractivity contribution < 1.29 is 43.6 Å². The monoisotopic (exact) mass is 1110 g/mol. The first-order valence-corrected chi connectivity index (χ1v) is 26.1. The highest BCUT2D eigenvalue weighted by Crippen LogP contribution is 2.27. The van der Waals surface area contributed by atoms with Crippen molar-refractivity contribution in [3.63, 3.8) is 0 Å². The normalized spacial score (nSPS) is 17.9. The molecule has 4 saturated heterocycles. The van der Waals surface area contributed by atoms with Crippen molar-refractivity contribution in [2.75, 3.05) is 105 Å². The van der Waals surface area contributed by atoms with Crippen molar-refractivity contribution in [3.05, 3.63) is 226 Å². The zero-order valence-corrected chi connectivity index (χ0v) is 45.8. The molecule has 0 radical (unpaired) electrons. The Morgan fingerprint density at radius 2 is 0.671 bits per heavy atom. The lowest BCUT2D eigenvalue weighted by Gasteiger charge is -2.30. The molecule has 0 saturated carbocycles. The van der Waals surface area contributed by atoms with E-state index in [1.807, 2.05) is 170 Å². The Balaban J connectivity index is 0.000000246. The largest absolute Gasteiger partial charge is 0.492 e. The Morgan fingerprint density at radius 1 is 0.405 bits per heavy atom. The van der Waals surface area contributed by atoms with Crippen LogP contribution >= 0.6 is 24.8 Å². The molecule has 0 spiro atoms. The summed E-state index contributed by atoms with van der Waals surface area (Å²) in [7, 11) is 0. The Kier molecular flexibility index (Phi) is 24.0. The summed E-state index contributed by atoms with van der Waals surface area (Å²) in [6.45, 7) is 10.7. The quantitative estimate of drug-likeness (QED) is 0.0967. The highest BCUT2D eigenvalue weighted by Gasteiger charge is 2.31. The van der Waals surface area contributed by atoms with Crippen LogP contribution in [0, 0.1) is 0 Å². The minimum atomic E-state index is -0.115. The van der Waals surface area contributed by atoms with Gasteiger partial charge in [-0.15, -0.1) is 24.8 Å². The molecule has 15 heteroatoms. The molecule has 2 N–H and O–H groups in total. The fourth-order valence-electron chi connectivity index (χ4n) is 9.36. The van der Waals surface area contributed by atoms with E-state index in [9.17, 15) is 19.2 Å². The van der Waals surface area contributed by atoms with Gasteiger partial charge in [-0.3, -0.25) is 29.0 Å². The maximum atomic E-state index is 13.5. The number of hydrogen-bond acceptors (Lipinski definition) is 10. The summed E-state index contributed by atoms with van der Waals surface area (Å²) < 4.78 is 22.6. The second-order valence-corrected chi connectivity index (χ2v) is 19.0. The first-order valence-electron chi connectivity index (χ1n) is 26.1. The molecule has 0 atom stereocenters. The van der Waals surface area contributed by atoms with Gasteiger partial charge in [-0.2, -0.15) is 0 Å². The van der Waals surface area contributed by atoms with Crippen molar-refractivity contribution in [2.24, 2.45) is 0 Å². The van der Waals surface area contributed by atoms with Gasteiger partial charge < -0.3 is 34.2 Å². The number of hydrogen-bond donors (Lipinski definition) is 0. The number of piperidine rings is 2. The number of ketones is 2. The lowest BCUT2D eigenvalue weighted by atomic mass is 9.93. The van der Waals surface area contributed by atoms with E-state index in [1.54, 1.807) is 34.1 Å². The van der Waals surface area contributed by atoms with E-state index in [-0.39, 0.29) is 79.9 Å². The number of halogens is 2. The maximum absolute atomic E-state index is 13.5. The predicted octanol–water partition coefficient (Wildman–Crippen LogP) is 9.20. The molecule has 412 valence electrons. The SMILES string of the molecule is Cl.Cl.O.O=C1C(=Cc2ccccc2)CN(C(=O)c2ccc(OCCN3CCOCC3)cc2)CC1=Cc1ccccc1.O=C1C(=Cc2ccccc2)CN(C(=O)c2ccc(OCCN3CCOCC3)cc2)CC1=Cc1ccccc1. The minimum absolute atomic E-state index is 0. The van der Waals surface area contributed by atoms with E-state index in [1.165, 1.54) is 0 Å². The van der Waals surface area contributed by atoms with Crippen LogP contribution in [0.3, 0.4) is 0 Å². The van der Waals surface area contributed by atoms with Crippen molar-refractivity contribution in [1.82, 2.24) is 19.6 Å². The van der Waals surface area contributed by atoms with Crippen LogP contribution in [-0.4, -0.2) is 154 Å². The van der Waals surface area contributed by atoms with Crippen LogP contribution in [0.1, 0.15) is 43.0 Å². The van der Waals surface area contributed by atoms with Crippen LogP contribution in [0.5, 0.6) is 11.5 Å². The molecule has 6 aromatic carbocycles. The van der Waals surface area contributed by atoms with Crippen LogP contribution in [0.4, 0.5) is 0 Å². The van der Waals surface area contributed by atoms with Gasteiger partial charge in [-0.25, -0.2) is 0 Å². The average molecular weight is 1110 g/mol. The Morgan fingerprint density at radius 3 is 0.937 bits per heavy atom. The van der Waals surface area contributed by atoms with E-state index in [4.69, 9.17) is 18.9 Å². The Hall–Kier alpha value is -7.46. The molecule has 0 bridgehead atoms. The number of rotatable bonds is 14. The number of ether oxygens (including phenoxy) is 4. The average Bonchev–Trinajstić information content (AvgIpc) is 3.48. The first-order chi connectivity index (χ1) is 37.3. The zero-order chi connectivity index (χ0) is 52.3. The second-order valence-electron chi connectivity index (χ2n) is 19.0. The lowest BCUT2D eigenvalue weighted by molar-refractivity contribution is -0.114. The van der Waals surface area contributed by atoms with Crippen molar-refractivity contribution in [1.29, 1.82) is 0 Å². The molecule has 4 aliphatic rings. The van der Waals surface area contributed by atoms with Gasteiger partial charge in [-0.1, -0.05) is 121 Å². The molecule has 4 heterocycles. The predicted molar refractivity (Wildman–Crippen MR) is 316 cm³/mol. The molecule has 0 unspecified atom stereocenters. The van der Waals surface area contributed by atoms with Gasteiger partial charge in [0.2, 0.25) is 0 Å². The summed E-state index contributed by atoms with van der Waals surface area (Å²) in [4.78, 5) is 62.0. The first kappa shape index (κ1) is 60.8. The number of likely N-dealkylation sites (tertiary alicyclic amines) is 2. The fraction of sp³-hybridized carbons (Fsp3) is 0.250. The van der Waals surface area contributed by atoms with Gasteiger partial charge >= 0.3 is 0 Å². The van der Waals surface area contributed by atoms with Gasteiger partial charge in [0.15, 0.2) is 11.6 Å². The minimum Gasteiger partial charge on any atom is -0.492 e. The number of Topliss-reactive ketones (excluding diaryl/α,β-unsaturated/α-hetero) is 2. The van der Waals surface area contributed by atoms with Gasteiger partial charge in [0.1, 0.15) is 24.7 Å². The fourth-order valence-corrected chi connectivity index (χ4v) is 9.36. The highest BCUT2D eigenvalue weighted by atomic mass is 35.5. The summed E-state index contributed by atoms with van der Waals surface area (Å²) in [5.41, 5.74) is 7.26. The van der Waals surface area contributed by atoms with Gasteiger partial charge in [0, 0.05) is 72.7 Å². The third kappa shape index (κ3) is 17.8. The number of carbonyl (C=O) groups excluding carboxylic acids is 4. The summed E-state index contributed by atoms with van der Waals surface area (Å²) >= 11 is 0. The molecular formula is C64H68Cl2N4O9. The molecule has 0 aromatic heterocycles. The molecule has 0 aliphatic carbocycles. The third-order valence-corrected chi connectivity index (χ3v) is 13.5. The van der Waals surface area contributed by atoms with Crippen molar-refractivity contribution in [2.45, 2.75) is 0 Å². The molecule has 13 nitrogen and oxygen atoms in total. The lowest BCUT2D eigenvalue weighted by Crippen LogP contribution is -2.41. The molecule has 6 aromatic rings. The van der Waals surface area contributed by atoms with E-state index in [0.29, 0.717) is 46.6 Å². The molecule has 2 amide bonds. The zero-order valence-electron chi connectivity index (χ0n) is 44.2. The van der Waals surface area contributed by atoms with Crippen LogP contribution in [0.2, 0.25) is 0 Å². The van der Waals surface area contributed by atoms with Crippen LogP contribution in [-0.2, 0) is 19.1 Å². The summed E-state index contributed by atoms with van der Waals surface area (Å²) in [6, 6.07) is 53.5. The number of carbonyl (C=O) groups is 4. The van der Waals surface area contributed by atoms with Gasteiger partial charge in [0.05, 0.1) is 52.6 Å². The highest BCUT2D eigenvalue weighted by molar-refractivity contribution is 6.17. The smallest absolute Gasteiger partial charge is 0.254 e. The van der Waals surface area contributed by atoms with Crippen molar-refractivity contribution in [3.8, 4) is 11.5 Å². The molecule has 10 rings (SSSR count). The summed E-state index contributed by atoms with van der Waals surface area (Å²) in [5.74, 6) is 1.19. The van der Waals surface area contributed by atoms with E-state index < -0.39 is 0 Å². The van der Waals surface area contributed by atoms with Gasteiger partial charge in [-0.05, 0) is 95.1 Å². The summed E-state index contributed by atoms with van der Waals surface area (Å²) in [6.07, 6.45) is 7.52. The third-order valence-electron chi connectivity index (χ3n) is 13.5. The van der Waals surface area contributed by atoms with Crippen LogP contribution in [0.25, 0.3) is 24.3 Å². The Labute approximate surface area is 475 Å². The van der Waals surface area contributed by atoms with E-state index >= 15 is 0 Å². The number of morpholine rings is 2. The second kappa shape index (κ2) is 31.2. The molecule has 4 fully saturated rings. The van der Waals surface area contributed by atoms with E-state index in [2.05, 4.69) is 9.80 Å².